The van der Waals surface area contributed by atoms with Crippen molar-refractivity contribution in [3.05, 3.63) is 34.3 Å². The van der Waals surface area contributed by atoms with Gasteiger partial charge in [0.2, 0.25) is 0 Å². The predicted octanol–water partition coefficient (Wildman–Crippen LogP) is 1.98. The van der Waals surface area contributed by atoms with E-state index < -0.39 is 0 Å². The summed E-state index contributed by atoms with van der Waals surface area (Å²) in [5, 5.41) is 10.0. The van der Waals surface area contributed by atoms with E-state index in [-0.39, 0.29) is 12.0 Å². The standard InChI is InChI=1S/C16H21BrN2O2/c17-14-4-2-1-3-13(14)16(21)19-9-7-18(8-10-19)11-15(20)12-5-6-12/h1-4,12,15,20H,5-11H2. The number of amides is 1. The summed E-state index contributed by atoms with van der Waals surface area (Å²) in [6.07, 6.45) is 2.15. The van der Waals surface area contributed by atoms with Gasteiger partial charge in [0.1, 0.15) is 0 Å². The maximum absolute atomic E-state index is 12.5. The number of carbonyl (C=O) groups is 1. The van der Waals surface area contributed by atoms with Crippen LogP contribution in [0.2, 0.25) is 0 Å². The molecule has 1 atom stereocenters. The van der Waals surface area contributed by atoms with E-state index in [9.17, 15) is 9.90 Å². The number of halogens is 1. The molecule has 0 bridgehead atoms. The number of hydrogen-bond donors (Lipinski definition) is 1. The molecule has 21 heavy (non-hydrogen) atoms. The third-order valence-corrected chi connectivity index (χ3v) is 5.07. The van der Waals surface area contributed by atoms with Gasteiger partial charge in [-0.25, -0.2) is 0 Å². The van der Waals surface area contributed by atoms with E-state index in [1.54, 1.807) is 0 Å². The summed E-state index contributed by atoms with van der Waals surface area (Å²) in [4.78, 5) is 16.7. The molecule has 1 aliphatic heterocycles. The Morgan fingerprint density at radius 3 is 2.52 bits per heavy atom. The molecule has 1 aliphatic carbocycles. The van der Waals surface area contributed by atoms with E-state index >= 15 is 0 Å². The van der Waals surface area contributed by atoms with Crippen molar-refractivity contribution in [1.29, 1.82) is 0 Å². The van der Waals surface area contributed by atoms with E-state index in [0.717, 1.165) is 42.8 Å². The highest BCUT2D eigenvalue weighted by Crippen LogP contribution is 2.33. The van der Waals surface area contributed by atoms with Gasteiger partial charge in [0, 0.05) is 37.2 Å². The van der Waals surface area contributed by atoms with E-state index in [4.69, 9.17) is 0 Å². The monoisotopic (exact) mass is 352 g/mol. The minimum atomic E-state index is -0.185. The normalized spacial score (nSPS) is 21.3. The van der Waals surface area contributed by atoms with Crippen molar-refractivity contribution in [3.63, 3.8) is 0 Å². The number of aliphatic hydroxyl groups excluding tert-OH is 1. The average molecular weight is 353 g/mol. The molecule has 114 valence electrons. The number of aliphatic hydroxyl groups is 1. The first-order valence-electron chi connectivity index (χ1n) is 7.59. The van der Waals surface area contributed by atoms with E-state index in [0.29, 0.717) is 5.92 Å². The molecule has 2 fully saturated rings. The molecule has 1 heterocycles. The second-order valence-corrected chi connectivity index (χ2v) is 6.83. The topological polar surface area (TPSA) is 43.8 Å². The van der Waals surface area contributed by atoms with Gasteiger partial charge in [-0.05, 0) is 46.8 Å². The van der Waals surface area contributed by atoms with Gasteiger partial charge in [-0.2, -0.15) is 0 Å². The van der Waals surface area contributed by atoms with Crippen LogP contribution in [0.15, 0.2) is 28.7 Å². The summed E-state index contributed by atoms with van der Waals surface area (Å²) in [6, 6.07) is 7.56. The number of hydrogen-bond acceptors (Lipinski definition) is 3. The molecule has 1 aromatic rings. The van der Waals surface area contributed by atoms with Gasteiger partial charge >= 0.3 is 0 Å². The summed E-state index contributed by atoms with van der Waals surface area (Å²) < 4.78 is 0.849. The molecule has 1 amide bonds. The average Bonchev–Trinajstić information content (AvgIpc) is 3.32. The molecule has 3 rings (SSSR count). The first-order chi connectivity index (χ1) is 10.1. The third-order valence-electron chi connectivity index (χ3n) is 4.38. The summed E-state index contributed by atoms with van der Waals surface area (Å²) in [6.45, 7) is 3.91. The van der Waals surface area contributed by atoms with Crippen LogP contribution in [0, 0.1) is 5.92 Å². The van der Waals surface area contributed by atoms with Crippen LogP contribution in [0.25, 0.3) is 0 Å². The number of β-amino-alcohol motifs (C(OH)–C–C–N with tert-alkyl or cyclic N) is 1. The van der Waals surface area contributed by atoms with Crippen LogP contribution in [-0.2, 0) is 0 Å². The first-order valence-corrected chi connectivity index (χ1v) is 8.38. The van der Waals surface area contributed by atoms with Crippen LogP contribution < -0.4 is 0 Å². The highest BCUT2D eigenvalue weighted by molar-refractivity contribution is 9.10. The fourth-order valence-corrected chi connectivity index (χ4v) is 3.29. The molecule has 1 saturated carbocycles. The number of nitrogens with zero attached hydrogens (tertiary/aromatic N) is 2. The van der Waals surface area contributed by atoms with Gasteiger partial charge in [0.25, 0.3) is 5.91 Å². The van der Waals surface area contributed by atoms with Gasteiger partial charge in [-0.3, -0.25) is 9.69 Å². The van der Waals surface area contributed by atoms with Gasteiger partial charge in [-0.15, -0.1) is 0 Å². The molecule has 0 spiro atoms. The second-order valence-electron chi connectivity index (χ2n) is 5.98. The zero-order valence-electron chi connectivity index (χ0n) is 12.0. The lowest BCUT2D eigenvalue weighted by atomic mass is 10.1. The van der Waals surface area contributed by atoms with Crippen LogP contribution in [-0.4, -0.2) is 59.6 Å². The van der Waals surface area contributed by atoms with Crippen LogP contribution >= 0.6 is 15.9 Å². The Morgan fingerprint density at radius 1 is 1.24 bits per heavy atom. The van der Waals surface area contributed by atoms with Gasteiger partial charge in [0.15, 0.2) is 0 Å². The van der Waals surface area contributed by atoms with Crippen molar-refractivity contribution in [2.75, 3.05) is 32.7 Å². The lowest BCUT2D eigenvalue weighted by molar-refractivity contribution is 0.0488. The molecule has 4 nitrogen and oxygen atoms in total. The Morgan fingerprint density at radius 2 is 1.90 bits per heavy atom. The van der Waals surface area contributed by atoms with Gasteiger partial charge in [-0.1, -0.05) is 12.1 Å². The Bertz CT molecular complexity index is 511. The van der Waals surface area contributed by atoms with Crippen molar-refractivity contribution in [1.82, 2.24) is 9.80 Å². The number of piperazine rings is 1. The highest BCUT2D eigenvalue weighted by atomic mass is 79.9. The van der Waals surface area contributed by atoms with E-state index in [2.05, 4.69) is 20.8 Å². The predicted molar refractivity (Wildman–Crippen MR) is 85.2 cm³/mol. The van der Waals surface area contributed by atoms with Crippen LogP contribution in [0.4, 0.5) is 0 Å². The molecule has 1 aromatic carbocycles. The Hall–Kier alpha value is -0.910. The molecule has 1 unspecified atom stereocenters. The zero-order valence-corrected chi connectivity index (χ0v) is 13.6. The fraction of sp³-hybridized carbons (Fsp3) is 0.562. The van der Waals surface area contributed by atoms with E-state index in [1.807, 2.05) is 29.2 Å². The van der Waals surface area contributed by atoms with E-state index in [1.165, 1.54) is 12.8 Å². The molecule has 2 aliphatic rings. The van der Waals surface area contributed by atoms with Crippen molar-refractivity contribution in [2.45, 2.75) is 18.9 Å². The maximum atomic E-state index is 12.5. The Kier molecular flexibility index (Phi) is 4.62. The first kappa shape index (κ1) is 15.0. The summed E-state index contributed by atoms with van der Waals surface area (Å²) in [5.74, 6) is 0.606. The number of rotatable bonds is 4. The van der Waals surface area contributed by atoms with Crippen molar-refractivity contribution in [3.8, 4) is 0 Å². The maximum Gasteiger partial charge on any atom is 0.255 e. The van der Waals surface area contributed by atoms with Crippen molar-refractivity contribution >= 4 is 21.8 Å². The summed E-state index contributed by atoms with van der Waals surface area (Å²) >= 11 is 3.44. The van der Waals surface area contributed by atoms with Crippen molar-refractivity contribution in [2.24, 2.45) is 5.92 Å². The SMILES string of the molecule is O=C(c1ccccc1Br)N1CCN(CC(O)C2CC2)CC1. The van der Waals surface area contributed by atoms with Crippen LogP contribution in [0.1, 0.15) is 23.2 Å². The Labute approximate surface area is 133 Å². The largest absolute Gasteiger partial charge is 0.392 e. The molecule has 1 saturated heterocycles. The smallest absolute Gasteiger partial charge is 0.255 e. The molecule has 1 N–H and O–H groups in total. The molecule has 5 heteroatoms. The summed E-state index contributed by atoms with van der Waals surface area (Å²) in [5.41, 5.74) is 0.726. The van der Waals surface area contributed by atoms with Crippen molar-refractivity contribution < 1.29 is 9.90 Å². The highest BCUT2D eigenvalue weighted by Gasteiger charge is 2.32. The molecule has 0 radical (unpaired) electrons. The number of carbonyl (C=O) groups excluding carboxylic acids is 1. The van der Waals surface area contributed by atoms with Gasteiger partial charge in [0.05, 0.1) is 11.7 Å². The molecule has 0 aromatic heterocycles. The minimum absolute atomic E-state index is 0.0878. The zero-order chi connectivity index (χ0) is 14.8. The quantitative estimate of drug-likeness (QED) is 0.900. The fourth-order valence-electron chi connectivity index (χ4n) is 2.83. The van der Waals surface area contributed by atoms with Crippen LogP contribution in [0.3, 0.4) is 0 Å². The lowest BCUT2D eigenvalue weighted by Gasteiger charge is -2.35. The summed E-state index contributed by atoms with van der Waals surface area (Å²) in [7, 11) is 0. The second kappa shape index (κ2) is 6.46. The van der Waals surface area contributed by atoms with Crippen LogP contribution in [0.5, 0.6) is 0 Å². The third kappa shape index (κ3) is 3.65. The van der Waals surface area contributed by atoms with Gasteiger partial charge < -0.3 is 10.0 Å². The number of benzene rings is 1. The minimum Gasteiger partial charge on any atom is -0.392 e. The molecular formula is C16H21BrN2O2. The molecular weight excluding hydrogens is 332 g/mol. The lowest BCUT2D eigenvalue weighted by Crippen LogP contribution is -2.50. The Balaban J connectivity index is 1.53.